The van der Waals surface area contributed by atoms with Gasteiger partial charge >= 0.3 is 6.61 Å². The molecule has 0 unspecified atom stereocenters. The van der Waals surface area contributed by atoms with Crippen molar-refractivity contribution in [1.82, 2.24) is 9.88 Å². The molecule has 150 valence electrons. The lowest BCUT2D eigenvalue weighted by Crippen LogP contribution is -2.32. The third kappa shape index (κ3) is 6.31. The van der Waals surface area contributed by atoms with Crippen LogP contribution in [-0.4, -0.2) is 49.8 Å². The van der Waals surface area contributed by atoms with Gasteiger partial charge in [0.15, 0.2) is 11.5 Å². The van der Waals surface area contributed by atoms with E-state index in [1.165, 1.54) is 25.3 Å². The predicted octanol–water partition coefficient (Wildman–Crippen LogP) is 3.38. The average Bonchev–Trinajstić information content (AvgIpc) is 2.70. The maximum atomic E-state index is 12.7. The van der Waals surface area contributed by atoms with Crippen LogP contribution in [0, 0.1) is 0 Å². The van der Waals surface area contributed by atoms with E-state index in [1.54, 1.807) is 36.4 Å². The van der Waals surface area contributed by atoms with Gasteiger partial charge in [0.25, 0.3) is 0 Å². The van der Waals surface area contributed by atoms with Crippen molar-refractivity contribution in [2.75, 3.05) is 27.4 Å². The van der Waals surface area contributed by atoms with Gasteiger partial charge in [-0.25, -0.2) is 0 Å². The monoisotopic (exact) mass is 392 g/mol. The van der Waals surface area contributed by atoms with E-state index < -0.39 is 6.61 Å². The first-order chi connectivity index (χ1) is 13.5. The zero-order valence-electron chi connectivity index (χ0n) is 15.7. The van der Waals surface area contributed by atoms with Crippen LogP contribution >= 0.6 is 0 Å². The largest absolute Gasteiger partial charge is 0.493 e. The molecular formula is C20H22F2N2O4. The second kappa shape index (κ2) is 11.0. The number of para-hydroxylation sites is 1. The number of alkyl halides is 2. The van der Waals surface area contributed by atoms with Crippen molar-refractivity contribution in [3.8, 4) is 11.5 Å². The summed E-state index contributed by atoms with van der Waals surface area (Å²) in [6, 6.07) is 10.1. The second-order valence-corrected chi connectivity index (χ2v) is 5.66. The number of nitrogens with zero attached hydrogens (tertiary/aromatic N) is 2. The molecule has 0 N–H and O–H groups in total. The molecule has 2 rings (SSSR count). The molecule has 2 aromatic rings. The number of ether oxygens (including phenoxy) is 3. The second-order valence-electron chi connectivity index (χ2n) is 5.66. The lowest BCUT2D eigenvalue weighted by Gasteiger charge is -2.20. The molecule has 0 saturated carbocycles. The minimum Gasteiger partial charge on any atom is -0.493 e. The van der Waals surface area contributed by atoms with Gasteiger partial charge in [0.05, 0.1) is 26.0 Å². The number of carbonyl (C=O) groups excluding carboxylic acids is 1. The number of pyridine rings is 1. The molecule has 8 heteroatoms. The number of carbonyl (C=O) groups is 1. The van der Waals surface area contributed by atoms with Crippen LogP contribution < -0.4 is 9.47 Å². The van der Waals surface area contributed by atoms with E-state index in [0.717, 1.165) is 5.69 Å². The quantitative estimate of drug-likeness (QED) is 0.580. The molecule has 28 heavy (non-hydrogen) atoms. The number of hydrogen-bond donors (Lipinski definition) is 0. The summed E-state index contributed by atoms with van der Waals surface area (Å²) in [4.78, 5) is 18.4. The van der Waals surface area contributed by atoms with E-state index in [-0.39, 0.29) is 17.4 Å². The Bertz CT molecular complexity index is 785. The lowest BCUT2D eigenvalue weighted by atomic mass is 10.1. The molecule has 0 aliphatic carbocycles. The summed E-state index contributed by atoms with van der Waals surface area (Å²) >= 11 is 0. The van der Waals surface area contributed by atoms with Crippen molar-refractivity contribution in [3.63, 3.8) is 0 Å². The van der Waals surface area contributed by atoms with Crippen LogP contribution in [0.3, 0.4) is 0 Å². The Kier molecular flexibility index (Phi) is 8.36. The number of rotatable bonds is 10. The highest BCUT2D eigenvalue weighted by molar-refractivity contribution is 5.92. The van der Waals surface area contributed by atoms with Crippen LogP contribution in [-0.2, 0) is 16.1 Å². The predicted molar refractivity (Wildman–Crippen MR) is 100 cm³/mol. The van der Waals surface area contributed by atoms with Crippen molar-refractivity contribution in [2.24, 2.45) is 0 Å². The summed E-state index contributed by atoms with van der Waals surface area (Å²) in [5.74, 6) is -0.287. The molecule has 0 atom stereocenters. The molecule has 6 nitrogen and oxygen atoms in total. The molecule has 0 aliphatic rings. The van der Waals surface area contributed by atoms with Crippen LogP contribution in [0.2, 0.25) is 0 Å². The van der Waals surface area contributed by atoms with Crippen LogP contribution in [0.4, 0.5) is 8.78 Å². The van der Waals surface area contributed by atoms with Gasteiger partial charge in [0.1, 0.15) is 0 Å². The van der Waals surface area contributed by atoms with Gasteiger partial charge < -0.3 is 19.1 Å². The Labute approximate surface area is 162 Å². The summed E-state index contributed by atoms with van der Waals surface area (Å²) < 4.78 is 40.1. The van der Waals surface area contributed by atoms with E-state index in [0.29, 0.717) is 25.3 Å². The van der Waals surface area contributed by atoms with Gasteiger partial charge in [-0.1, -0.05) is 18.2 Å². The van der Waals surface area contributed by atoms with E-state index in [1.807, 2.05) is 12.1 Å². The number of amides is 1. The maximum absolute atomic E-state index is 12.7. The third-order valence-electron chi connectivity index (χ3n) is 3.80. The Balaban J connectivity index is 2.21. The van der Waals surface area contributed by atoms with Crippen LogP contribution in [0.1, 0.15) is 11.3 Å². The van der Waals surface area contributed by atoms with Gasteiger partial charge in [-0.05, 0) is 24.3 Å². The lowest BCUT2D eigenvalue weighted by molar-refractivity contribution is -0.127. The SMILES string of the molecule is COCCN(Cc1ccccn1)C(=O)/C=C/c1cccc(OC)c1OC(F)F. The first-order valence-corrected chi connectivity index (χ1v) is 8.52. The molecule has 1 heterocycles. The highest BCUT2D eigenvalue weighted by Gasteiger charge is 2.15. The molecule has 1 amide bonds. The van der Waals surface area contributed by atoms with Gasteiger partial charge in [-0.2, -0.15) is 8.78 Å². The molecule has 0 aliphatic heterocycles. The average molecular weight is 392 g/mol. The fourth-order valence-electron chi connectivity index (χ4n) is 2.46. The van der Waals surface area contributed by atoms with Gasteiger partial charge in [-0.15, -0.1) is 0 Å². The summed E-state index contributed by atoms with van der Waals surface area (Å²) in [6.45, 7) is -2.01. The molecule has 1 aromatic heterocycles. The number of hydrogen-bond acceptors (Lipinski definition) is 5. The molecule has 0 spiro atoms. The van der Waals surface area contributed by atoms with E-state index in [2.05, 4.69) is 9.72 Å². The number of halogens is 2. The zero-order valence-corrected chi connectivity index (χ0v) is 15.7. The van der Waals surface area contributed by atoms with Crippen molar-refractivity contribution >= 4 is 12.0 Å². The highest BCUT2D eigenvalue weighted by atomic mass is 19.3. The molecule has 0 bridgehead atoms. The number of methoxy groups -OCH3 is 2. The summed E-state index contributed by atoms with van der Waals surface area (Å²) in [5.41, 5.74) is 1.03. The number of aromatic nitrogens is 1. The van der Waals surface area contributed by atoms with Crippen LogP contribution in [0.15, 0.2) is 48.7 Å². The van der Waals surface area contributed by atoms with Crippen molar-refractivity contribution < 1.29 is 27.8 Å². The Hall–Kier alpha value is -3.00. The summed E-state index contributed by atoms with van der Waals surface area (Å²) in [6.07, 6.45) is 4.36. The highest BCUT2D eigenvalue weighted by Crippen LogP contribution is 2.33. The normalized spacial score (nSPS) is 11.0. The van der Waals surface area contributed by atoms with Gasteiger partial charge in [-0.3, -0.25) is 9.78 Å². The van der Waals surface area contributed by atoms with Gasteiger partial charge in [0.2, 0.25) is 5.91 Å². The molecule has 0 saturated heterocycles. The van der Waals surface area contributed by atoms with Gasteiger partial charge in [0, 0.05) is 31.5 Å². The Morgan fingerprint density at radius 3 is 2.68 bits per heavy atom. The zero-order chi connectivity index (χ0) is 20.4. The van der Waals surface area contributed by atoms with Crippen molar-refractivity contribution in [2.45, 2.75) is 13.2 Å². The number of benzene rings is 1. The van der Waals surface area contributed by atoms with Crippen LogP contribution in [0.25, 0.3) is 6.08 Å². The molecule has 0 fully saturated rings. The minimum absolute atomic E-state index is 0.128. The van der Waals surface area contributed by atoms with E-state index in [9.17, 15) is 13.6 Å². The minimum atomic E-state index is -3.01. The Morgan fingerprint density at radius 2 is 2.04 bits per heavy atom. The smallest absolute Gasteiger partial charge is 0.387 e. The van der Waals surface area contributed by atoms with Crippen LogP contribution in [0.5, 0.6) is 11.5 Å². The van der Waals surface area contributed by atoms with Crippen molar-refractivity contribution in [3.05, 3.63) is 59.9 Å². The fourth-order valence-corrected chi connectivity index (χ4v) is 2.46. The molecular weight excluding hydrogens is 370 g/mol. The summed E-state index contributed by atoms with van der Waals surface area (Å²) in [7, 11) is 2.90. The molecule has 0 radical (unpaired) electrons. The molecule has 1 aromatic carbocycles. The van der Waals surface area contributed by atoms with E-state index in [4.69, 9.17) is 9.47 Å². The first-order valence-electron chi connectivity index (χ1n) is 8.52. The maximum Gasteiger partial charge on any atom is 0.387 e. The fraction of sp³-hybridized carbons (Fsp3) is 0.300. The standard InChI is InChI=1S/C20H22F2N2O4/c1-26-13-12-24(14-16-7-3-4-11-23-16)18(25)10-9-15-6-5-8-17(27-2)19(15)28-20(21)22/h3-11,20H,12-14H2,1-2H3/b10-9+. The van der Waals surface area contributed by atoms with E-state index >= 15 is 0 Å². The summed E-state index contributed by atoms with van der Waals surface area (Å²) in [5, 5.41) is 0. The van der Waals surface area contributed by atoms with Crippen molar-refractivity contribution in [1.29, 1.82) is 0 Å². The third-order valence-corrected chi connectivity index (χ3v) is 3.80. The Morgan fingerprint density at radius 1 is 1.21 bits per heavy atom. The topological polar surface area (TPSA) is 60.9 Å². The first kappa shape index (κ1) is 21.3.